The normalized spacial score (nSPS) is 12.0. The number of carbonyl (C=O) groups excluding carboxylic acids is 2. The molecule has 5 nitrogen and oxygen atoms in total. The number of amides is 2. The molecule has 0 saturated carbocycles. The zero-order valence-corrected chi connectivity index (χ0v) is 16.2. The zero-order chi connectivity index (χ0) is 22.3. The molecule has 0 fully saturated rings. The highest BCUT2D eigenvalue weighted by molar-refractivity contribution is 5.97. The smallest absolute Gasteiger partial charge is 0.405 e. The van der Waals surface area contributed by atoms with E-state index in [9.17, 15) is 22.8 Å². The van der Waals surface area contributed by atoms with Crippen molar-refractivity contribution < 1.29 is 27.5 Å². The van der Waals surface area contributed by atoms with E-state index in [0.717, 1.165) is 0 Å². The van der Waals surface area contributed by atoms with Crippen LogP contribution in [0.15, 0.2) is 84.9 Å². The van der Waals surface area contributed by atoms with Crippen LogP contribution in [0.2, 0.25) is 0 Å². The predicted molar refractivity (Wildman–Crippen MR) is 108 cm³/mol. The topological polar surface area (TPSA) is 67.4 Å². The molecule has 1 unspecified atom stereocenters. The Morgan fingerprint density at radius 3 is 2.06 bits per heavy atom. The molecule has 31 heavy (non-hydrogen) atoms. The Bertz CT molecular complexity index is 1020. The van der Waals surface area contributed by atoms with Gasteiger partial charge < -0.3 is 15.4 Å². The molecule has 0 heterocycles. The predicted octanol–water partition coefficient (Wildman–Crippen LogP) is 4.37. The number of hydrogen-bond donors (Lipinski definition) is 2. The second-order valence-corrected chi connectivity index (χ2v) is 6.56. The molecule has 1 atom stereocenters. The first-order chi connectivity index (χ1) is 14.8. The molecule has 0 aliphatic carbocycles. The third kappa shape index (κ3) is 6.33. The number of hydrogen-bond acceptors (Lipinski definition) is 3. The van der Waals surface area contributed by atoms with Crippen molar-refractivity contribution in [2.75, 3.05) is 0 Å². The van der Waals surface area contributed by atoms with E-state index in [2.05, 4.69) is 15.4 Å². The van der Waals surface area contributed by atoms with E-state index in [1.807, 2.05) is 0 Å². The van der Waals surface area contributed by atoms with Crippen molar-refractivity contribution >= 4 is 11.8 Å². The molecule has 0 aliphatic heterocycles. The summed E-state index contributed by atoms with van der Waals surface area (Å²) in [5.74, 6) is -1.43. The quantitative estimate of drug-likeness (QED) is 0.587. The molecular weight excluding hydrogens is 409 g/mol. The molecule has 8 heteroatoms. The summed E-state index contributed by atoms with van der Waals surface area (Å²) in [6, 6.07) is 21.4. The number of para-hydroxylation sites is 1. The van der Waals surface area contributed by atoms with E-state index in [-0.39, 0.29) is 12.1 Å². The molecule has 160 valence electrons. The van der Waals surface area contributed by atoms with Crippen molar-refractivity contribution in [2.24, 2.45) is 0 Å². The molecule has 3 rings (SSSR count). The molecule has 3 aromatic carbocycles. The SMILES string of the molecule is O=C(NC(C(=O)NCc1ccccc1OC(F)(F)F)c1ccccc1)c1ccccc1. The number of rotatable bonds is 7. The molecular formula is C23H19F3N2O3. The van der Waals surface area contributed by atoms with Crippen molar-refractivity contribution in [3.63, 3.8) is 0 Å². The Labute approximate surface area is 176 Å². The first-order valence-electron chi connectivity index (χ1n) is 9.36. The standard InChI is InChI=1S/C23H19F3N2O3/c24-23(25,26)31-19-14-8-7-13-18(19)15-27-22(30)20(16-9-3-1-4-10-16)28-21(29)17-11-5-2-6-12-17/h1-14,20H,15H2,(H,27,30)(H,28,29). The number of ether oxygens (including phenoxy) is 1. The van der Waals surface area contributed by atoms with Crippen LogP contribution >= 0.6 is 0 Å². The number of halogens is 3. The van der Waals surface area contributed by atoms with E-state index < -0.39 is 30.0 Å². The first-order valence-corrected chi connectivity index (χ1v) is 9.36. The highest BCUT2D eigenvalue weighted by Crippen LogP contribution is 2.26. The molecule has 0 aliphatic rings. The monoisotopic (exact) mass is 428 g/mol. The van der Waals surface area contributed by atoms with Crippen molar-refractivity contribution in [1.29, 1.82) is 0 Å². The van der Waals surface area contributed by atoms with E-state index in [0.29, 0.717) is 11.1 Å². The molecule has 2 N–H and O–H groups in total. The largest absolute Gasteiger partial charge is 0.573 e. The number of carbonyl (C=O) groups is 2. The summed E-state index contributed by atoms with van der Waals surface area (Å²) in [7, 11) is 0. The van der Waals surface area contributed by atoms with Crippen LogP contribution in [0.3, 0.4) is 0 Å². The van der Waals surface area contributed by atoms with Gasteiger partial charge in [0.15, 0.2) is 0 Å². The lowest BCUT2D eigenvalue weighted by Gasteiger charge is -2.20. The maximum absolute atomic E-state index is 12.9. The second kappa shape index (κ2) is 9.80. The maximum atomic E-state index is 12.9. The Morgan fingerprint density at radius 1 is 0.839 bits per heavy atom. The van der Waals surface area contributed by atoms with Gasteiger partial charge in [0.25, 0.3) is 5.91 Å². The lowest BCUT2D eigenvalue weighted by molar-refractivity contribution is -0.274. The number of benzene rings is 3. The van der Waals surface area contributed by atoms with Crippen LogP contribution in [0.1, 0.15) is 27.5 Å². The summed E-state index contributed by atoms with van der Waals surface area (Å²) >= 11 is 0. The maximum Gasteiger partial charge on any atom is 0.573 e. The number of alkyl halides is 3. The van der Waals surface area contributed by atoms with Gasteiger partial charge in [-0.3, -0.25) is 9.59 Å². The van der Waals surface area contributed by atoms with E-state index in [4.69, 9.17) is 0 Å². The van der Waals surface area contributed by atoms with E-state index in [1.54, 1.807) is 60.7 Å². The van der Waals surface area contributed by atoms with Gasteiger partial charge >= 0.3 is 6.36 Å². The highest BCUT2D eigenvalue weighted by Gasteiger charge is 2.32. The second-order valence-electron chi connectivity index (χ2n) is 6.56. The average Bonchev–Trinajstić information content (AvgIpc) is 2.76. The molecule has 0 bridgehead atoms. The van der Waals surface area contributed by atoms with Crippen molar-refractivity contribution in [3.05, 3.63) is 102 Å². The Hall–Kier alpha value is -3.81. The van der Waals surface area contributed by atoms with Crippen LogP contribution in [-0.2, 0) is 11.3 Å². The molecule has 0 spiro atoms. The van der Waals surface area contributed by atoms with Crippen molar-refractivity contribution in [3.8, 4) is 5.75 Å². The Morgan fingerprint density at radius 2 is 1.42 bits per heavy atom. The first kappa shape index (κ1) is 21.9. The van der Waals surface area contributed by atoms with Gasteiger partial charge in [0.1, 0.15) is 11.8 Å². The van der Waals surface area contributed by atoms with Crippen LogP contribution < -0.4 is 15.4 Å². The third-order valence-electron chi connectivity index (χ3n) is 4.36. The summed E-state index contributed by atoms with van der Waals surface area (Å²) in [4.78, 5) is 25.5. The van der Waals surface area contributed by atoms with Crippen LogP contribution in [0, 0.1) is 0 Å². The summed E-state index contributed by atoms with van der Waals surface area (Å²) in [5.41, 5.74) is 1.05. The fraction of sp³-hybridized carbons (Fsp3) is 0.130. The van der Waals surface area contributed by atoms with Crippen molar-refractivity contribution in [2.45, 2.75) is 18.9 Å². The van der Waals surface area contributed by atoms with Crippen LogP contribution in [0.4, 0.5) is 13.2 Å². The molecule has 0 aromatic heterocycles. The molecule has 3 aromatic rings. The summed E-state index contributed by atoms with van der Waals surface area (Å²) in [6.07, 6.45) is -4.85. The fourth-order valence-corrected chi connectivity index (χ4v) is 2.91. The van der Waals surface area contributed by atoms with Gasteiger partial charge in [-0.05, 0) is 23.8 Å². The van der Waals surface area contributed by atoms with Gasteiger partial charge in [-0.15, -0.1) is 13.2 Å². The van der Waals surface area contributed by atoms with Gasteiger partial charge in [-0.1, -0.05) is 66.7 Å². The van der Waals surface area contributed by atoms with Crippen LogP contribution in [0.25, 0.3) is 0 Å². The van der Waals surface area contributed by atoms with Gasteiger partial charge in [0, 0.05) is 17.7 Å². The van der Waals surface area contributed by atoms with Gasteiger partial charge in [0.05, 0.1) is 0 Å². The van der Waals surface area contributed by atoms with E-state index in [1.165, 1.54) is 24.3 Å². The fourth-order valence-electron chi connectivity index (χ4n) is 2.91. The van der Waals surface area contributed by atoms with Crippen LogP contribution in [0.5, 0.6) is 5.75 Å². The summed E-state index contributed by atoms with van der Waals surface area (Å²) < 4.78 is 41.9. The molecule has 0 radical (unpaired) electrons. The Kier molecular flexibility index (Phi) is 6.92. The summed E-state index contributed by atoms with van der Waals surface area (Å²) in [5, 5.41) is 5.26. The third-order valence-corrected chi connectivity index (χ3v) is 4.36. The van der Waals surface area contributed by atoms with Gasteiger partial charge in [-0.2, -0.15) is 0 Å². The van der Waals surface area contributed by atoms with Gasteiger partial charge in [-0.25, -0.2) is 0 Å². The minimum absolute atomic E-state index is 0.148. The number of nitrogens with one attached hydrogen (secondary N) is 2. The minimum atomic E-state index is -4.85. The van der Waals surface area contributed by atoms with Crippen LogP contribution in [-0.4, -0.2) is 18.2 Å². The molecule has 2 amide bonds. The average molecular weight is 428 g/mol. The minimum Gasteiger partial charge on any atom is -0.405 e. The summed E-state index contributed by atoms with van der Waals surface area (Å²) in [6.45, 7) is -0.213. The van der Waals surface area contributed by atoms with Gasteiger partial charge in [0.2, 0.25) is 5.91 Å². The van der Waals surface area contributed by atoms with E-state index >= 15 is 0 Å². The van der Waals surface area contributed by atoms with Crippen molar-refractivity contribution in [1.82, 2.24) is 10.6 Å². The zero-order valence-electron chi connectivity index (χ0n) is 16.2. The Balaban J connectivity index is 1.76. The highest BCUT2D eigenvalue weighted by atomic mass is 19.4. The molecule has 0 saturated heterocycles. The lowest BCUT2D eigenvalue weighted by atomic mass is 10.0. The lowest BCUT2D eigenvalue weighted by Crippen LogP contribution is -2.40.